The van der Waals surface area contributed by atoms with Gasteiger partial charge in [0.05, 0.1) is 5.52 Å². The predicted octanol–water partition coefficient (Wildman–Crippen LogP) is 1.93. The molecule has 0 saturated heterocycles. The van der Waals surface area contributed by atoms with E-state index in [1.165, 1.54) is 17.4 Å². The molecule has 0 unspecified atom stereocenters. The summed E-state index contributed by atoms with van der Waals surface area (Å²) in [7, 11) is -2.44. The molecule has 0 atom stereocenters. The molecule has 0 radical (unpaired) electrons. The molecule has 0 amide bonds. The zero-order chi connectivity index (χ0) is 16.4. The van der Waals surface area contributed by atoms with Crippen LogP contribution in [0.1, 0.15) is 12.8 Å². The molecule has 23 heavy (non-hydrogen) atoms. The number of nitrogens with zero attached hydrogens (tertiary/aromatic N) is 1. The third kappa shape index (κ3) is 2.09. The van der Waals surface area contributed by atoms with Crippen molar-refractivity contribution in [1.29, 1.82) is 0 Å². The van der Waals surface area contributed by atoms with Crippen LogP contribution in [0.3, 0.4) is 0 Å². The average Bonchev–Trinajstić information content (AvgIpc) is 3.22. The molecule has 0 spiro atoms. The molecule has 0 bridgehead atoms. The maximum atomic E-state index is 14.4. The first-order valence-electron chi connectivity index (χ1n) is 7.20. The van der Waals surface area contributed by atoms with Crippen LogP contribution in [0.4, 0.5) is 4.39 Å². The zero-order valence-electron chi connectivity index (χ0n) is 12.3. The van der Waals surface area contributed by atoms with Crippen molar-refractivity contribution in [1.82, 2.24) is 14.3 Å². The first-order chi connectivity index (χ1) is 10.9. The number of fused-ring (bicyclic) bond motifs is 3. The number of aromatic nitrogens is 2. The van der Waals surface area contributed by atoms with Crippen molar-refractivity contribution in [3.63, 3.8) is 0 Å². The quantitative estimate of drug-likeness (QED) is 0.767. The summed E-state index contributed by atoms with van der Waals surface area (Å²) in [5.41, 5.74) is 0.234. The van der Waals surface area contributed by atoms with E-state index in [4.69, 9.17) is 0 Å². The minimum Gasteiger partial charge on any atom is -0.357 e. The van der Waals surface area contributed by atoms with Crippen LogP contribution >= 0.6 is 0 Å². The molecule has 2 aromatic heterocycles. The number of hydrogen-bond acceptors (Lipinski definition) is 3. The molecule has 120 valence electrons. The molecule has 2 heterocycles. The Morgan fingerprint density at radius 2 is 2.00 bits per heavy atom. The van der Waals surface area contributed by atoms with Gasteiger partial charge in [-0.2, -0.15) is 4.31 Å². The normalized spacial score (nSPS) is 15.8. The molecule has 2 N–H and O–H groups in total. The maximum Gasteiger partial charge on any atom is 0.272 e. The number of hydrogen-bond donors (Lipinski definition) is 2. The molecule has 6 nitrogen and oxygen atoms in total. The molecule has 1 aliphatic rings. The molecule has 1 aromatic carbocycles. The first kappa shape index (κ1) is 14.4. The van der Waals surface area contributed by atoms with Gasteiger partial charge in [0.1, 0.15) is 16.2 Å². The summed E-state index contributed by atoms with van der Waals surface area (Å²) < 4.78 is 40.9. The third-order valence-electron chi connectivity index (χ3n) is 4.30. The lowest BCUT2D eigenvalue weighted by molar-refractivity contribution is 0.458. The lowest BCUT2D eigenvalue weighted by Gasteiger charge is -2.17. The van der Waals surface area contributed by atoms with Crippen molar-refractivity contribution in [2.24, 2.45) is 0 Å². The molecule has 1 aliphatic carbocycles. The van der Waals surface area contributed by atoms with Crippen molar-refractivity contribution < 1.29 is 12.8 Å². The summed E-state index contributed by atoms with van der Waals surface area (Å²) in [5, 5.41) is 1.05. The highest BCUT2D eigenvalue weighted by atomic mass is 32.2. The molecule has 4 rings (SSSR count). The summed E-state index contributed by atoms with van der Waals surface area (Å²) in [4.78, 5) is 16.9. The van der Waals surface area contributed by atoms with E-state index in [1.54, 1.807) is 12.3 Å². The molecule has 1 saturated carbocycles. The minimum atomic E-state index is -3.90. The largest absolute Gasteiger partial charge is 0.357 e. The SMILES string of the molecule is CN(C1CC1)S(=O)(=O)c1cc2c(cc1F)[nH]c(=O)c1[nH]ccc12. The van der Waals surface area contributed by atoms with Crippen LogP contribution in [0.2, 0.25) is 0 Å². The van der Waals surface area contributed by atoms with E-state index in [9.17, 15) is 17.6 Å². The average molecular weight is 335 g/mol. The standard InChI is InChI=1S/C15H14FN3O3S/c1-19(8-2-3-8)23(21,22)13-6-10-9-4-5-17-14(9)15(20)18-12(10)7-11(13)16/h4-8,17H,2-3H2,1H3,(H,18,20). The Hall–Kier alpha value is -2.19. The first-order valence-corrected chi connectivity index (χ1v) is 8.64. The maximum absolute atomic E-state index is 14.4. The second-order valence-electron chi connectivity index (χ2n) is 5.80. The summed E-state index contributed by atoms with van der Waals surface area (Å²) in [5.74, 6) is -0.865. The van der Waals surface area contributed by atoms with Gasteiger partial charge in [0.15, 0.2) is 0 Å². The molecular weight excluding hydrogens is 321 g/mol. The highest BCUT2D eigenvalue weighted by Crippen LogP contribution is 2.33. The fraction of sp³-hybridized carbons (Fsp3) is 0.267. The molecular formula is C15H14FN3O3S. The third-order valence-corrected chi connectivity index (χ3v) is 6.23. The second-order valence-corrected chi connectivity index (χ2v) is 7.77. The van der Waals surface area contributed by atoms with Crippen molar-refractivity contribution in [2.75, 3.05) is 7.05 Å². The number of halogens is 1. The molecule has 0 aliphatic heterocycles. The van der Waals surface area contributed by atoms with Gasteiger partial charge in [0.2, 0.25) is 10.0 Å². The number of sulfonamides is 1. The zero-order valence-corrected chi connectivity index (χ0v) is 13.1. The Morgan fingerprint density at radius 1 is 1.26 bits per heavy atom. The second kappa shape index (κ2) is 4.65. The summed E-state index contributed by atoms with van der Waals surface area (Å²) >= 11 is 0. The summed E-state index contributed by atoms with van der Waals surface area (Å²) in [6.07, 6.45) is 3.17. The predicted molar refractivity (Wildman–Crippen MR) is 84.4 cm³/mol. The number of pyridine rings is 1. The Morgan fingerprint density at radius 3 is 2.70 bits per heavy atom. The van der Waals surface area contributed by atoms with Crippen LogP contribution < -0.4 is 5.56 Å². The highest BCUT2D eigenvalue weighted by molar-refractivity contribution is 7.89. The van der Waals surface area contributed by atoms with Crippen LogP contribution in [-0.4, -0.2) is 35.8 Å². The van der Waals surface area contributed by atoms with Crippen molar-refractivity contribution in [3.8, 4) is 0 Å². The molecule has 8 heteroatoms. The van der Waals surface area contributed by atoms with Crippen LogP contribution in [0.25, 0.3) is 21.8 Å². The van der Waals surface area contributed by atoms with Crippen LogP contribution in [0, 0.1) is 5.82 Å². The van der Waals surface area contributed by atoms with E-state index >= 15 is 0 Å². The van der Waals surface area contributed by atoms with Gasteiger partial charge < -0.3 is 9.97 Å². The molecule has 3 aromatic rings. The van der Waals surface area contributed by atoms with Gasteiger partial charge in [-0.15, -0.1) is 0 Å². The smallest absolute Gasteiger partial charge is 0.272 e. The van der Waals surface area contributed by atoms with Crippen molar-refractivity contribution in [3.05, 3.63) is 40.6 Å². The van der Waals surface area contributed by atoms with E-state index in [1.807, 2.05) is 0 Å². The van der Waals surface area contributed by atoms with Gasteiger partial charge in [0, 0.05) is 30.1 Å². The Balaban J connectivity index is 2.03. The highest BCUT2D eigenvalue weighted by Gasteiger charge is 2.36. The Bertz CT molecular complexity index is 1100. The van der Waals surface area contributed by atoms with Crippen LogP contribution in [0.15, 0.2) is 34.1 Å². The van der Waals surface area contributed by atoms with Gasteiger partial charge in [-0.3, -0.25) is 4.79 Å². The van der Waals surface area contributed by atoms with Crippen molar-refractivity contribution in [2.45, 2.75) is 23.8 Å². The van der Waals surface area contributed by atoms with Gasteiger partial charge >= 0.3 is 0 Å². The summed E-state index contributed by atoms with van der Waals surface area (Å²) in [6, 6.07) is 3.98. The van der Waals surface area contributed by atoms with Gasteiger partial charge in [-0.1, -0.05) is 0 Å². The number of H-pyrrole nitrogens is 2. The lowest BCUT2D eigenvalue weighted by Crippen LogP contribution is -2.29. The number of benzene rings is 1. The van der Waals surface area contributed by atoms with E-state index in [0.29, 0.717) is 16.3 Å². The van der Waals surface area contributed by atoms with E-state index in [0.717, 1.165) is 18.9 Å². The van der Waals surface area contributed by atoms with E-state index < -0.39 is 15.8 Å². The summed E-state index contributed by atoms with van der Waals surface area (Å²) in [6.45, 7) is 0. The lowest BCUT2D eigenvalue weighted by atomic mass is 10.1. The monoisotopic (exact) mass is 335 g/mol. The van der Waals surface area contributed by atoms with E-state index in [-0.39, 0.29) is 22.0 Å². The Kier molecular flexibility index (Phi) is 2.91. The van der Waals surface area contributed by atoms with Gasteiger partial charge in [-0.25, -0.2) is 12.8 Å². The number of rotatable bonds is 3. The number of aromatic amines is 2. The number of nitrogens with one attached hydrogen (secondary N) is 2. The fourth-order valence-electron chi connectivity index (χ4n) is 2.83. The molecule has 1 fully saturated rings. The topological polar surface area (TPSA) is 86.0 Å². The van der Waals surface area contributed by atoms with Crippen LogP contribution in [-0.2, 0) is 10.0 Å². The minimum absolute atomic E-state index is 0.0574. The van der Waals surface area contributed by atoms with Gasteiger partial charge in [0.25, 0.3) is 5.56 Å². The van der Waals surface area contributed by atoms with Gasteiger partial charge in [-0.05, 0) is 31.0 Å². The van der Waals surface area contributed by atoms with E-state index in [2.05, 4.69) is 9.97 Å². The fourth-order valence-corrected chi connectivity index (χ4v) is 4.32. The Labute approximate surface area is 131 Å². The van der Waals surface area contributed by atoms with Crippen molar-refractivity contribution >= 4 is 31.8 Å². The van der Waals surface area contributed by atoms with Crippen LogP contribution in [0.5, 0.6) is 0 Å².